The van der Waals surface area contributed by atoms with Crippen LogP contribution in [0.3, 0.4) is 0 Å². The van der Waals surface area contributed by atoms with Gasteiger partial charge in [0.05, 0.1) is 19.4 Å². The third-order valence-corrected chi connectivity index (χ3v) is 4.46. The highest BCUT2D eigenvalue weighted by Crippen LogP contribution is 2.18. The molecule has 0 bridgehead atoms. The fourth-order valence-corrected chi connectivity index (χ4v) is 3.13. The summed E-state index contributed by atoms with van der Waals surface area (Å²) in [6, 6.07) is 13.2. The first-order chi connectivity index (χ1) is 13.3. The van der Waals surface area contributed by atoms with Gasteiger partial charge >= 0.3 is 6.03 Å². The lowest BCUT2D eigenvalue weighted by molar-refractivity contribution is 0.234. The number of carbonyl (C=O) groups is 1. The van der Waals surface area contributed by atoms with Crippen molar-refractivity contribution in [3.05, 3.63) is 60.3 Å². The van der Waals surface area contributed by atoms with Crippen molar-refractivity contribution in [1.82, 2.24) is 25.7 Å². The molecule has 3 aromatic rings. The highest BCUT2D eigenvalue weighted by Gasteiger charge is 2.25. The van der Waals surface area contributed by atoms with Crippen molar-refractivity contribution < 1.29 is 13.7 Å². The van der Waals surface area contributed by atoms with E-state index in [1.54, 1.807) is 12.3 Å². The van der Waals surface area contributed by atoms with Gasteiger partial charge in [0, 0.05) is 24.7 Å². The molecule has 0 saturated carbocycles. The van der Waals surface area contributed by atoms with E-state index in [1.807, 2.05) is 36.4 Å². The van der Waals surface area contributed by atoms with Crippen LogP contribution >= 0.6 is 0 Å². The molecule has 1 saturated heterocycles. The van der Waals surface area contributed by atoms with E-state index in [9.17, 15) is 4.79 Å². The molecule has 8 heteroatoms. The number of amides is 2. The summed E-state index contributed by atoms with van der Waals surface area (Å²) < 4.78 is 10.5. The molecule has 1 aliphatic heterocycles. The van der Waals surface area contributed by atoms with E-state index in [-0.39, 0.29) is 12.1 Å². The molecule has 2 N–H and O–H groups in total. The monoisotopic (exact) mass is 367 g/mol. The van der Waals surface area contributed by atoms with E-state index in [1.165, 1.54) is 0 Å². The SMILES string of the molecule is O=C(NCc1ccco1)N[C@@H]1CCN(Cc2noc(-c3ccccc3)n2)C1. The molecule has 140 valence electrons. The topological polar surface area (TPSA) is 96.4 Å². The Morgan fingerprint density at radius 2 is 2.11 bits per heavy atom. The number of hydrogen-bond donors (Lipinski definition) is 2. The Morgan fingerprint density at radius 1 is 1.22 bits per heavy atom. The van der Waals surface area contributed by atoms with Gasteiger partial charge in [-0.2, -0.15) is 4.98 Å². The average Bonchev–Trinajstić information content (AvgIpc) is 3.44. The standard InChI is InChI=1S/C19H21N5O3/c25-19(20-11-16-7-4-10-26-16)21-15-8-9-24(12-15)13-17-22-18(27-23-17)14-5-2-1-3-6-14/h1-7,10,15H,8-9,11-13H2,(H2,20,21,25)/t15-/m1/s1. The number of nitrogens with one attached hydrogen (secondary N) is 2. The van der Waals surface area contributed by atoms with Gasteiger partial charge in [0.1, 0.15) is 5.76 Å². The smallest absolute Gasteiger partial charge is 0.315 e. The normalized spacial score (nSPS) is 17.1. The molecule has 3 heterocycles. The number of likely N-dealkylation sites (tertiary alicyclic amines) is 1. The Hall–Kier alpha value is -3.13. The minimum absolute atomic E-state index is 0.0992. The van der Waals surface area contributed by atoms with Crippen molar-refractivity contribution in [3.63, 3.8) is 0 Å². The molecule has 2 amide bonds. The maximum absolute atomic E-state index is 12.0. The largest absolute Gasteiger partial charge is 0.467 e. The van der Waals surface area contributed by atoms with Gasteiger partial charge in [-0.1, -0.05) is 23.4 Å². The van der Waals surface area contributed by atoms with E-state index in [2.05, 4.69) is 25.7 Å². The average molecular weight is 367 g/mol. The highest BCUT2D eigenvalue weighted by molar-refractivity contribution is 5.74. The molecule has 1 aromatic carbocycles. The Kier molecular flexibility index (Phi) is 5.15. The van der Waals surface area contributed by atoms with Gasteiger partial charge in [0.15, 0.2) is 5.82 Å². The molecule has 2 aromatic heterocycles. The molecule has 0 aliphatic carbocycles. The molecule has 1 aliphatic rings. The molecule has 0 spiro atoms. The number of urea groups is 1. The van der Waals surface area contributed by atoms with Crippen molar-refractivity contribution in [2.75, 3.05) is 13.1 Å². The summed E-state index contributed by atoms with van der Waals surface area (Å²) in [6.07, 6.45) is 2.47. The van der Waals surface area contributed by atoms with Crippen LogP contribution in [-0.4, -0.2) is 40.2 Å². The summed E-state index contributed by atoms with van der Waals surface area (Å²) in [5.41, 5.74) is 0.908. The lowest BCUT2D eigenvalue weighted by Gasteiger charge is -2.15. The van der Waals surface area contributed by atoms with Gasteiger partial charge in [0.2, 0.25) is 0 Å². The van der Waals surface area contributed by atoms with Crippen LogP contribution in [0, 0.1) is 0 Å². The maximum Gasteiger partial charge on any atom is 0.315 e. The quantitative estimate of drug-likeness (QED) is 0.694. The fourth-order valence-electron chi connectivity index (χ4n) is 3.13. The molecule has 0 unspecified atom stereocenters. The van der Waals surface area contributed by atoms with E-state index in [0.717, 1.165) is 30.8 Å². The van der Waals surface area contributed by atoms with Crippen LogP contribution in [0.4, 0.5) is 4.79 Å². The van der Waals surface area contributed by atoms with Crippen LogP contribution in [0.15, 0.2) is 57.7 Å². The first kappa shape index (κ1) is 17.3. The number of carbonyl (C=O) groups excluding carboxylic acids is 1. The first-order valence-electron chi connectivity index (χ1n) is 8.93. The number of furan rings is 1. The van der Waals surface area contributed by atoms with Crippen molar-refractivity contribution >= 4 is 6.03 Å². The van der Waals surface area contributed by atoms with Crippen LogP contribution in [0.1, 0.15) is 18.0 Å². The number of nitrogens with zero attached hydrogens (tertiary/aromatic N) is 3. The van der Waals surface area contributed by atoms with Gasteiger partial charge in [0.25, 0.3) is 5.89 Å². The molecule has 8 nitrogen and oxygen atoms in total. The Labute approximate surface area is 156 Å². The van der Waals surface area contributed by atoms with E-state index in [4.69, 9.17) is 8.94 Å². The molecular weight excluding hydrogens is 346 g/mol. The Bertz CT molecular complexity index is 863. The second-order valence-electron chi connectivity index (χ2n) is 6.51. The third kappa shape index (κ3) is 4.53. The summed E-state index contributed by atoms with van der Waals surface area (Å²) in [4.78, 5) is 18.7. The second-order valence-corrected chi connectivity index (χ2v) is 6.51. The third-order valence-electron chi connectivity index (χ3n) is 4.46. The Balaban J connectivity index is 1.24. The van der Waals surface area contributed by atoms with Crippen LogP contribution in [-0.2, 0) is 13.1 Å². The molecule has 1 fully saturated rings. The number of rotatable bonds is 6. The number of aromatic nitrogens is 2. The molecule has 0 radical (unpaired) electrons. The Morgan fingerprint density at radius 3 is 2.93 bits per heavy atom. The summed E-state index contributed by atoms with van der Waals surface area (Å²) in [6.45, 7) is 2.60. The molecular formula is C19H21N5O3. The summed E-state index contributed by atoms with van der Waals surface area (Å²) in [7, 11) is 0. The zero-order valence-corrected chi connectivity index (χ0v) is 14.8. The summed E-state index contributed by atoms with van der Waals surface area (Å²) in [5.74, 6) is 1.90. The first-order valence-corrected chi connectivity index (χ1v) is 8.93. The van der Waals surface area contributed by atoms with E-state index in [0.29, 0.717) is 24.8 Å². The van der Waals surface area contributed by atoms with Crippen LogP contribution in [0.5, 0.6) is 0 Å². The molecule has 1 atom stereocenters. The number of hydrogen-bond acceptors (Lipinski definition) is 6. The maximum atomic E-state index is 12.0. The van der Waals surface area contributed by atoms with Gasteiger partial charge in [-0.25, -0.2) is 4.79 Å². The summed E-state index contributed by atoms with van der Waals surface area (Å²) >= 11 is 0. The predicted octanol–water partition coefficient (Wildman–Crippen LogP) is 2.40. The van der Waals surface area contributed by atoms with Crippen molar-refractivity contribution in [3.8, 4) is 11.5 Å². The van der Waals surface area contributed by atoms with E-state index >= 15 is 0 Å². The van der Waals surface area contributed by atoms with E-state index < -0.39 is 0 Å². The zero-order chi connectivity index (χ0) is 18.5. The van der Waals surface area contributed by atoms with Crippen molar-refractivity contribution in [2.24, 2.45) is 0 Å². The van der Waals surface area contributed by atoms with Gasteiger partial charge in [-0.15, -0.1) is 0 Å². The summed E-state index contributed by atoms with van der Waals surface area (Å²) in [5, 5.41) is 9.85. The highest BCUT2D eigenvalue weighted by atomic mass is 16.5. The van der Waals surface area contributed by atoms with Crippen LogP contribution in [0.25, 0.3) is 11.5 Å². The van der Waals surface area contributed by atoms with Gasteiger partial charge < -0.3 is 19.6 Å². The second kappa shape index (κ2) is 8.05. The predicted molar refractivity (Wildman–Crippen MR) is 97.5 cm³/mol. The lowest BCUT2D eigenvalue weighted by Crippen LogP contribution is -2.43. The molecule has 4 rings (SSSR count). The van der Waals surface area contributed by atoms with Crippen molar-refractivity contribution in [2.45, 2.75) is 25.6 Å². The minimum atomic E-state index is -0.191. The molecule has 27 heavy (non-hydrogen) atoms. The lowest BCUT2D eigenvalue weighted by atomic mass is 10.2. The minimum Gasteiger partial charge on any atom is -0.467 e. The van der Waals surface area contributed by atoms with Gasteiger partial charge in [-0.05, 0) is 30.7 Å². The fraction of sp³-hybridized carbons (Fsp3) is 0.316. The van der Waals surface area contributed by atoms with Crippen LogP contribution in [0.2, 0.25) is 0 Å². The zero-order valence-electron chi connectivity index (χ0n) is 14.8. The number of benzene rings is 1. The van der Waals surface area contributed by atoms with Gasteiger partial charge in [-0.3, -0.25) is 4.90 Å². The van der Waals surface area contributed by atoms with Crippen molar-refractivity contribution in [1.29, 1.82) is 0 Å². The van der Waals surface area contributed by atoms with Crippen LogP contribution < -0.4 is 10.6 Å².